The first-order valence-electron chi connectivity index (χ1n) is 7.10. The van der Waals surface area contributed by atoms with Crippen LogP contribution in [-0.4, -0.2) is 35.2 Å². The van der Waals surface area contributed by atoms with Crippen molar-refractivity contribution in [3.05, 3.63) is 50.9 Å². The summed E-state index contributed by atoms with van der Waals surface area (Å²) < 4.78 is 2.12. The van der Waals surface area contributed by atoms with Crippen LogP contribution in [0.2, 0.25) is 0 Å². The summed E-state index contributed by atoms with van der Waals surface area (Å²) in [4.78, 5) is 4.39. The molecule has 0 unspecified atom stereocenters. The van der Waals surface area contributed by atoms with Gasteiger partial charge in [0.15, 0.2) is 5.82 Å². The van der Waals surface area contributed by atoms with E-state index in [9.17, 15) is 0 Å². The van der Waals surface area contributed by atoms with Crippen LogP contribution in [0.15, 0.2) is 41.5 Å². The highest BCUT2D eigenvalue weighted by atomic mass is 32.1. The van der Waals surface area contributed by atoms with Crippen molar-refractivity contribution in [1.82, 2.24) is 14.9 Å². The molecule has 0 atom stereocenters. The van der Waals surface area contributed by atoms with Gasteiger partial charge in [0, 0.05) is 35.1 Å². The topological polar surface area (TPSA) is 49.2 Å². The number of hydrogen-bond acceptors (Lipinski definition) is 5. The first-order chi connectivity index (χ1) is 11.0. The van der Waals surface area contributed by atoms with Gasteiger partial charge in [0.05, 0.1) is 6.21 Å². The molecule has 7 heteroatoms. The van der Waals surface area contributed by atoms with Gasteiger partial charge in [-0.2, -0.15) is 14.9 Å². The highest BCUT2D eigenvalue weighted by Crippen LogP contribution is 2.21. The SMILES string of the molecule is Cc1ccc(C=Nn2c(-c3ccc(N(C)C)cc3)n[nH]c2=S)s1. The van der Waals surface area contributed by atoms with Crippen LogP contribution in [0.5, 0.6) is 0 Å². The van der Waals surface area contributed by atoms with Crippen LogP contribution in [0.4, 0.5) is 5.69 Å². The van der Waals surface area contributed by atoms with Crippen molar-refractivity contribution in [3.8, 4) is 11.4 Å². The van der Waals surface area contributed by atoms with Gasteiger partial charge in [-0.25, -0.2) is 5.10 Å². The number of aryl methyl sites for hydroxylation is 1. The van der Waals surface area contributed by atoms with E-state index in [1.807, 2.05) is 44.4 Å². The lowest BCUT2D eigenvalue weighted by Crippen LogP contribution is -2.08. The van der Waals surface area contributed by atoms with E-state index in [-0.39, 0.29) is 0 Å². The first-order valence-corrected chi connectivity index (χ1v) is 8.33. The van der Waals surface area contributed by atoms with Crippen molar-refractivity contribution in [1.29, 1.82) is 0 Å². The number of hydrogen-bond donors (Lipinski definition) is 1. The molecular formula is C16H17N5S2. The smallest absolute Gasteiger partial charge is 0.216 e. The van der Waals surface area contributed by atoms with Crippen molar-refractivity contribution in [3.63, 3.8) is 0 Å². The van der Waals surface area contributed by atoms with Crippen molar-refractivity contribution in [2.45, 2.75) is 6.92 Å². The van der Waals surface area contributed by atoms with Crippen LogP contribution in [-0.2, 0) is 0 Å². The Hall–Kier alpha value is -2.25. The van der Waals surface area contributed by atoms with E-state index in [2.05, 4.69) is 33.2 Å². The summed E-state index contributed by atoms with van der Waals surface area (Å²) >= 11 is 6.98. The summed E-state index contributed by atoms with van der Waals surface area (Å²) in [5.41, 5.74) is 2.09. The standard InChI is InChI=1S/C16H17N5S2/c1-11-4-9-14(23-11)10-17-21-15(18-19-16(21)22)12-5-7-13(8-6-12)20(2)3/h4-10H,1-3H3,(H,19,22). The number of thiophene rings is 1. The second-order valence-corrected chi connectivity index (χ2v) is 7.00. The minimum Gasteiger partial charge on any atom is -0.378 e. The molecule has 0 aliphatic carbocycles. The van der Waals surface area contributed by atoms with E-state index in [4.69, 9.17) is 12.2 Å². The summed E-state index contributed by atoms with van der Waals surface area (Å²) in [5.74, 6) is 0.699. The van der Waals surface area contributed by atoms with Crippen LogP contribution < -0.4 is 4.90 Å². The number of anilines is 1. The molecule has 5 nitrogen and oxygen atoms in total. The minimum atomic E-state index is 0.473. The molecule has 0 saturated heterocycles. The fraction of sp³-hybridized carbons (Fsp3) is 0.188. The molecule has 0 fully saturated rings. The predicted molar refractivity (Wildman–Crippen MR) is 99.2 cm³/mol. The lowest BCUT2D eigenvalue weighted by Gasteiger charge is -2.12. The zero-order valence-corrected chi connectivity index (χ0v) is 14.8. The largest absolute Gasteiger partial charge is 0.378 e. The monoisotopic (exact) mass is 343 g/mol. The van der Waals surface area contributed by atoms with E-state index < -0.39 is 0 Å². The predicted octanol–water partition coefficient (Wildman–Crippen LogP) is 3.93. The normalized spacial score (nSPS) is 11.3. The number of nitrogens with one attached hydrogen (secondary N) is 1. The molecule has 3 aromatic rings. The number of nitrogens with zero attached hydrogens (tertiary/aromatic N) is 4. The minimum absolute atomic E-state index is 0.473. The van der Waals surface area contributed by atoms with Gasteiger partial charge in [-0.1, -0.05) is 0 Å². The molecular weight excluding hydrogens is 326 g/mol. The molecule has 0 radical (unpaired) electrons. The number of benzene rings is 1. The van der Waals surface area contributed by atoms with E-state index >= 15 is 0 Å². The van der Waals surface area contributed by atoms with Gasteiger partial charge >= 0.3 is 0 Å². The maximum absolute atomic E-state index is 5.29. The highest BCUT2D eigenvalue weighted by molar-refractivity contribution is 7.71. The zero-order valence-electron chi connectivity index (χ0n) is 13.1. The number of aromatic amines is 1. The van der Waals surface area contributed by atoms with E-state index in [0.29, 0.717) is 10.6 Å². The molecule has 2 heterocycles. The van der Waals surface area contributed by atoms with Crippen LogP contribution in [0.3, 0.4) is 0 Å². The van der Waals surface area contributed by atoms with Crippen molar-refractivity contribution < 1.29 is 0 Å². The van der Waals surface area contributed by atoms with Crippen LogP contribution in [0, 0.1) is 11.7 Å². The van der Waals surface area contributed by atoms with Gasteiger partial charge in [-0.15, -0.1) is 11.3 Å². The molecule has 0 aliphatic rings. The van der Waals surface area contributed by atoms with E-state index in [1.54, 1.807) is 22.2 Å². The maximum atomic E-state index is 5.29. The van der Waals surface area contributed by atoms with Crippen LogP contribution in [0.25, 0.3) is 11.4 Å². The van der Waals surface area contributed by atoms with Crippen LogP contribution in [0.1, 0.15) is 9.75 Å². The molecule has 3 rings (SSSR count). The quantitative estimate of drug-likeness (QED) is 0.577. The summed E-state index contributed by atoms with van der Waals surface area (Å²) in [6.45, 7) is 2.07. The molecule has 0 spiro atoms. The maximum Gasteiger partial charge on any atom is 0.216 e. The number of aromatic nitrogens is 3. The van der Waals surface area contributed by atoms with Crippen molar-refractivity contribution in [2.24, 2.45) is 5.10 Å². The molecule has 0 aliphatic heterocycles. The van der Waals surface area contributed by atoms with Crippen molar-refractivity contribution in [2.75, 3.05) is 19.0 Å². The molecule has 23 heavy (non-hydrogen) atoms. The fourth-order valence-electron chi connectivity index (χ4n) is 2.13. The van der Waals surface area contributed by atoms with Gasteiger partial charge < -0.3 is 4.90 Å². The Bertz CT molecular complexity index is 884. The second-order valence-electron chi connectivity index (χ2n) is 5.30. The first kappa shape index (κ1) is 15.6. The average molecular weight is 343 g/mol. The van der Waals surface area contributed by atoms with Gasteiger partial charge in [0.1, 0.15) is 0 Å². The lowest BCUT2D eigenvalue weighted by atomic mass is 10.2. The third-order valence-electron chi connectivity index (χ3n) is 3.35. The van der Waals surface area contributed by atoms with Crippen LogP contribution >= 0.6 is 23.6 Å². The molecule has 0 bridgehead atoms. The molecule has 0 saturated carbocycles. The summed E-state index contributed by atoms with van der Waals surface area (Å²) in [6.07, 6.45) is 1.81. The number of H-pyrrole nitrogens is 1. The zero-order chi connectivity index (χ0) is 16.4. The lowest BCUT2D eigenvalue weighted by molar-refractivity contribution is 0.872. The Morgan fingerprint density at radius 1 is 1.22 bits per heavy atom. The van der Waals surface area contributed by atoms with E-state index in [0.717, 1.165) is 16.1 Å². The van der Waals surface area contributed by atoms with E-state index in [1.165, 1.54) is 4.88 Å². The van der Waals surface area contributed by atoms with Crippen molar-refractivity contribution >= 4 is 35.5 Å². The Morgan fingerprint density at radius 3 is 2.57 bits per heavy atom. The summed E-state index contributed by atoms with van der Waals surface area (Å²) in [6, 6.07) is 12.2. The molecule has 2 aromatic heterocycles. The van der Waals surface area contributed by atoms with Gasteiger partial charge in [0.2, 0.25) is 4.77 Å². The van der Waals surface area contributed by atoms with Gasteiger partial charge in [-0.05, 0) is 55.5 Å². The Kier molecular flexibility index (Phi) is 4.40. The Labute approximate surface area is 143 Å². The molecule has 118 valence electrons. The Balaban J connectivity index is 1.95. The summed E-state index contributed by atoms with van der Waals surface area (Å²) in [5, 5.41) is 11.6. The summed E-state index contributed by atoms with van der Waals surface area (Å²) in [7, 11) is 4.02. The third-order valence-corrected chi connectivity index (χ3v) is 4.55. The number of rotatable bonds is 4. The van der Waals surface area contributed by atoms with Gasteiger partial charge in [-0.3, -0.25) is 0 Å². The van der Waals surface area contributed by atoms with Gasteiger partial charge in [0.25, 0.3) is 0 Å². The molecule has 1 aromatic carbocycles. The Morgan fingerprint density at radius 2 is 1.96 bits per heavy atom. The average Bonchev–Trinajstić information content (AvgIpc) is 3.11. The molecule has 1 N–H and O–H groups in total. The second kappa shape index (κ2) is 6.47. The molecule has 0 amide bonds. The fourth-order valence-corrected chi connectivity index (χ4v) is 3.05. The highest BCUT2D eigenvalue weighted by Gasteiger charge is 2.08. The third kappa shape index (κ3) is 3.40.